The molecule has 0 spiro atoms. The number of carbonyl (C=O) groups excluding carboxylic acids is 1. The van der Waals surface area contributed by atoms with Crippen LogP contribution >= 0.6 is 0 Å². The zero-order valence-corrected chi connectivity index (χ0v) is 13.1. The van der Waals surface area contributed by atoms with Gasteiger partial charge in [-0.2, -0.15) is 0 Å². The van der Waals surface area contributed by atoms with Crippen molar-refractivity contribution in [3.63, 3.8) is 0 Å². The van der Waals surface area contributed by atoms with Gasteiger partial charge in [-0.3, -0.25) is 4.79 Å². The van der Waals surface area contributed by atoms with Gasteiger partial charge in [-0.1, -0.05) is 39.5 Å². The predicted molar refractivity (Wildman–Crippen MR) is 81.8 cm³/mol. The first-order valence-corrected chi connectivity index (χ1v) is 8.11. The van der Waals surface area contributed by atoms with Crippen molar-refractivity contribution in [2.45, 2.75) is 58.4 Å². The van der Waals surface area contributed by atoms with Crippen LogP contribution in [0.25, 0.3) is 0 Å². The maximum Gasteiger partial charge on any atom is 0.273 e. The van der Waals surface area contributed by atoms with Crippen LogP contribution < -0.4 is 11.1 Å². The standard InChI is InChI=1S/C16H27N3O2/c1-3-11(2)14(17)16-19-13(10-21-16)15(20)18-9-12-7-5-4-6-8-12/h10-12,14H,3-9,17H2,1-2H3,(H,18,20). The summed E-state index contributed by atoms with van der Waals surface area (Å²) in [4.78, 5) is 16.3. The van der Waals surface area contributed by atoms with Gasteiger partial charge in [-0.15, -0.1) is 0 Å². The molecule has 2 rings (SSSR count). The Kier molecular flexibility index (Phi) is 5.79. The maximum absolute atomic E-state index is 12.1. The van der Waals surface area contributed by atoms with Gasteiger partial charge >= 0.3 is 0 Å². The van der Waals surface area contributed by atoms with E-state index in [0.717, 1.165) is 13.0 Å². The van der Waals surface area contributed by atoms with E-state index < -0.39 is 0 Å². The number of aromatic nitrogens is 1. The van der Waals surface area contributed by atoms with E-state index in [1.165, 1.54) is 38.4 Å². The van der Waals surface area contributed by atoms with Gasteiger partial charge in [0.25, 0.3) is 5.91 Å². The van der Waals surface area contributed by atoms with Gasteiger partial charge in [-0.05, 0) is 24.7 Å². The number of nitrogens with one attached hydrogen (secondary N) is 1. The van der Waals surface area contributed by atoms with E-state index in [1.807, 2.05) is 0 Å². The third kappa shape index (κ3) is 4.30. The number of hydrogen-bond acceptors (Lipinski definition) is 4. The highest BCUT2D eigenvalue weighted by Gasteiger charge is 2.21. The molecule has 0 aromatic carbocycles. The van der Waals surface area contributed by atoms with Gasteiger partial charge in [0.2, 0.25) is 5.89 Å². The molecule has 0 bridgehead atoms. The smallest absolute Gasteiger partial charge is 0.273 e. The van der Waals surface area contributed by atoms with Crippen molar-refractivity contribution in [3.05, 3.63) is 17.8 Å². The fourth-order valence-electron chi connectivity index (χ4n) is 2.76. The van der Waals surface area contributed by atoms with Crippen molar-refractivity contribution in [2.24, 2.45) is 17.6 Å². The van der Waals surface area contributed by atoms with E-state index in [-0.39, 0.29) is 17.9 Å². The molecule has 5 nitrogen and oxygen atoms in total. The number of amides is 1. The molecule has 1 saturated carbocycles. The van der Waals surface area contributed by atoms with Crippen LogP contribution in [0.3, 0.4) is 0 Å². The van der Waals surface area contributed by atoms with Crippen molar-refractivity contribution in [1.82, 2.24) is 10.3 Å². The van der Waals surface area contributed by atoms with Crippen molar-refractivity contribution in [1.29, 1.82) is 0 Å². The molecule has 0 radical (unpaired) electrons. The molecule has 1 aromatic heterocycles. The summed E-state index contributed by atoms with van der Waals surface area (Å²) in [6.45, 7) is 4.86. The number of rotatable bonds is 6. The fraction of sp³-hybridized carbons (Fsp3) is 0.750. The van der Waals surface area contributed by atoms with E-state index in [9.17, 15) is 4.79 Å². The Morgan fingerprint density at radius 3 is 2.86 bits per heavy atom. The Morgan fingerprint density at radius 2 is 2.19 bits per heavy atom. The summed E-state index contributed by atoms with van der Waals surface area (Å²) in [7, 11) is 0. The lowest BCUT2D eigenvalue weighted by Crippen LogP contribution is -2.30. The zero-order valence-electron chi connectivity index (χ0n) is 13.1. The molecule has 3 N–H and O–H groups in total. The molecule has 2 atom stereocenters. The zero-order chi connectivity index (χ0) is 15.2. The normalized spacial score (nSPS) is 19.2. The monoisotopic (exact) mass is 293 g/mol. The quantitative estimate of drug-likeness (QED) is 0.844. The summed E-state index contributed by atoms with van der Waals surface area (Å²) in [6, 6.07) is -0.255. The molecule has 1 heterocycles. The summed E-state index contributed by atoms with van der Waals surface area (Å²) in [5.41, 5.74) is 6.40. The van der Waals surface area contributed by atoms with Gasteiger partial charge < -0.3 is 15.5 Å². The molecule has 118 valence electrons. The van der Waals surface area contributed by atoms with Crippen LogP contribution in [0, 0.1) is 11.8 Å². The molecule has 1 aliphatic rings. The molecule has 1 aliphatic carbocycles. The third-order valence-corrected chi connectivity index (χ3v) is 4.57. The minimum Gasteiger partial charge on any atom is -0.446 e. The van der Waals surface area contributed by atoms with Gasteiger partial charge in [0.15, 0.2) is 5.69 Å². The van der Waals surface area contributed by atoms with Gasteiger partial charge in [0.1, 0.15) is 6.26 Å². The molecular formula is C16H27N3O2. The lowest BCUT2D eigenvalue weighted by atomic mass is 9.89. The number of oxazole rings is 1. The molecule has 0 aliphatic heterocycles. The van der Waals surface area contributed by atoms with Crippen molar-refractivity contribution in [3.8, 4) is 0 Å². The largest absolute Gasteiger partial charge is 0.446 e. The second kappa shape index (κ2) is 7.59. The first-order valence-electron chi connectivity index (χ1n) is 8.11. The minimum atomic E-state index is -0.255. The Hall–Kier alpha value is -1.36. The summed E-state index contributed by atoms with van der Waals surface area (Å²) < 4.78 is 5.37. The summed E-state index contributed by atoms with van der Waals surface area (Å²) in [6.07, 6.45) is 8.66. The second-order valence-corrected chi connectivity index (χ2v) is 6.20. The van der Waals surface area contributed by atoms with Crippen LogP contribution in [-0.2, 0) is 0 Å². The lowest BCUT2D eigenvalue weighted by molar-refractivity contribution is 0.0938. The predicted octanol–water partition coefficient (Wildman–Crippen LogP) is 3.03. The van der Waals surface area contributed by atoms with Crippen LogP contribution in [0.1, 0.15) is 74.8 Å². The molecule has 1 fully saturated rings. The van der Waals surface area contributed by atoms with Crippen LogP contribution in [0.5, 0.6) is 0 Å². The Bertz CT molecular complexity index is 452. The van der Waals surface area contributed by atoms with Gasteiger partial charge in [0.05, 0.1) is 6.04 Å². The molecule has 1 aromatic rings. The van der Waals surface area contributed by atoms with Gasteiger partial charge in [0, 0.05) is 6.54 Å². The highest BCUT2D eigenvalue weighted by atomic mass is 16.3. The van der Waals surface area contributed by atoms with E-state index in [0.29, 0.717) is 17.5 Å². The maximum atomic E-state index is 12.1. The first kappa shape index (κ1) is 16.0. The van der Waals surface area contributed by atoms with Crippen molar-refractivity contribution >= 4 is 5.91 Å². The molecule has 5 heteroatoms. The van der Waals surface area contributed by atoms with E-state index in [2.05, 4.69) is 24.1 Å². The summed E-state index contributed by atoms with van der Waals surface area (Å²) >= 11 is 0. The minimum absolute atomic E-state index is 0.160. The fourth-order valence-corrected chi connectivity index (χ4v) is 2.76. The summed E-state index contributed by atoms with van der Waals surface area (Å²) in [5.74, 6) is 1.18. The Balaban J connectivity index is 1.86. The van der Waals surface area contributed by atoms with E-state index in [1.54, 1.807) is 0 Å². The average molecular weight is 293 g/mol. The highest BCUT2D eigenvalue weighted by Crippen LogP contribution is 2.23. The van der Waals surface area contributed by atoms with Gasteiger partial charge in [-0.25, -0.2) is 4.98 Å². The molecule has 21 heavy (non-hydrogen) atoms. The molecular weight excluding hydrogens is 266 g/mol. The van der Waals surface area contributed by atoms with Crippen LogP contribution in [-0.4, -0.2) is 17.4 Å². The first-order chi connectivity index (χ1) is 10.1. The highest BCUT2D eigenvalue weighted by molar-refractivity contribution is 5.91. The Labute approximate surface area is 126 Å². The van der Waals surface area contributed by atoms with E-state index >= 15 is 0 Å². The van der Waals surface area contributed by atoms with Crippen LogP contribution in [0.2, 0.25) is 0 Å². The van der Waals surface area contributed by atoms with Crippen molar-refractivity contribution in [2.75, 3.05) is 6.54 Å². The van der Waals surface area contributed by atoms with E-state index in [4.69, 9.17) is 10.2 Å². The number of hydrogen-bond donors (Lipinski definition) is 2. The topological polar surface area (TPSA) is 81.1 Å². The Morgan fingerprint density at radius 1 is 1.48 bits per heavy atom. The molecule has 2 unspecified atom stereocenters. The number of carbonyl (C=O) groups is 1. The SMILES string of the molecule is CCC(C)C(N)c1nc(C(=O)NCC2CCCCC2)co1. The third-order valence-electron chi connectivity index (χ3n) is 4.57. The average Bonchev–Trinajstić information content (AvgIpc) is 3.02. The molecule has 0 saturated heterocycles. The number of nitrogens with two attached hydrogens (primary N) is 1. The molecule has 1 amide bonds. The van der Waals surface area contributed by atoms with Crippen LogP contribution in [0.4, 0.5) is 0 Å². The second-order valence-electron chi connectivity index (χ2n) is 6.20. The van der Waals surface area contributed by atoms with Crippen LogP contribution in [0.15, 0.2) is 10.7 Å². The number of nitrogens with zero attached hydrogens (tertiary/aromatic N) is 1. The van der Waals surface area contributed by atoms with Crippen molar-refractivity contribution < 1.29 is 9.21 Å². The summed E-state index contributed by atoms with van der Waals surface area (Å²) in [5, 5.41) is 2.96. The lowest BCUT2D eigenvalue weighted by Gasteiger charge is -2.21.